The maximum Gasteiger partial charge on any atom is 0.268 e. The number of nitrogens with one attached hydrogen (secondary N) is 1. The highest BCUT2D eigenvalue weighted by molar-refractivity contribution is 7.71. The van der Waals surface area contributed by atoms with Gasteiger partial charge in [0.1, 0.15) is 4.83 Å². The van der Waals surface area contributed by atoms with Crippen LogP contribution in [-0.4, -0.2) is 19.3 Å². The molecule has 0 amide bonds. The summed E-state index contributed by atoms with van der Waals surface area (Å²) in [6.07, 6.45) is 1.86. The third-order valence-corrected chi connectivity index (χ3v) is 5.28. The molecule has 0 aliphatic rings. The highest BCUT2D eigenvalue weighted by atomic mass is 32.1. The molecule has 0 aliphatic carbocycles. The first-order chi connectivity index (χ1) is 12.0. The summed E-state index contributed by atoms with van der Waals surface area (Å²) < 4.78 is 3.62. The van der Waals surface area contributed by atoms with Crippen molar-refractivity contribution < 1.29 is 0 Å². The molecule has 0 fully saturated rings. The van der Waals surface area contributed by atoms with Gasteiger partial charge < -0.3 is 4.98 Å². The van der Waals surface area contributed by atoms with Gasteiger partial charge in [0.05, 0.1) is 11.9 Å². The predicted octanol–water partition coefficient (Wildman–Crippen LogP) is 3.97. The van der Waals surface area contributed by atoms with E-state index in [0.29, 0.717) is 22.5 Å². The molecule has 3 heterocycles. The van der Waals surface area contributed by atoms with E-state index in [1.54, 1.807) is 0 Å². The minimum atomic E-state index is -0.135. The van der Waals surface area contributed by atoms with Crippen LogP contribution in [0.15, 0.2) is 47.4 Å². The summed E-state index contributed by atoms with van der Waals surface area (Å²) in [5.41, 5.74) is 2.24. The first-order valence-electron chi connectivity index (χ1n) is 7.86. The lowest BCUT2D eigenvalue weighted by atomic mass is 10.1. The van der Waals surface area contributed by atoms with Crippen LogP contribution in [0.4, 0.5) is 0 Å². The number of aromatic amines is 1. The lowest BCUT2D eigenvalue weighted by Crippen LogP contribution is -2.20. The fourth-order valence-electron chi connectivity index (χ4n) is 2.78. The van der Waals surface area contributed by atoms with Gasteiger partial charge in [-0.2, -0.15) is 5.10 Å². The maximum atomic E-state index is 12.8. The molecule has 3 aromatic heterocycles. The van der Waals surface area contributed by atoms with Crippen molar-refractivity contribution in [3.05, 3.63) is 73.7 Å². The van der Waals surface area contributed by atoms with Crippen molar-refractivity contribution >= 4 is 33.8 Å². The van der Waals surface area contributed by atoms with Gasteiger partial charge in [-0.1, -0.05) is 29.8 Å². The second kappa shape index (κ2) is 6.09. The largest absolute Gasteiger partial charge is 0.323 e. The Bertz CT molecular complexity index is 1180. The van der Waals surface area contributed by atoms with Gasteiger partial charge in [-0.05, 0) is 37.7 Å². The number of aryl methyl sites for hydroxylation is 2. The Balaban J connectivity index is 1.75. The molecule has 0 bridgehead atoms. The molecule has 25 heavy (non-hydrogen) atoms. The predicted molar refractivity (Wildman–Crippen MR) is 103 cm³/mol. The zero-order valence-electron chi connectivity index (χ0n) is 13.8. The fourth-order valence-corrected chi connectivity index (χ4v) is 4.02. The number of thiophene rings is 1. The molecule has 126 valence electrons. The van der Waals surface area contributed by atoms with E-state index >= 15 is 0 Å². The van der Waals surface area contributed by atoms with Crippen LogP contribution in [-0.2, 0) is 6.54 Å². The van der Waals surface area contributed by atoms with Crippen LogP contribution >= 0.6 is 23.6 Å². The zero-order chi connectivity index (χ0) is 17.6. The number of rotatable bonds is 3. The van der Waals surface area contributed by atoms with E-state index in [4.69, 9.17) is 12.2 Å². The van der Waals surface area contributed by atoms with Crippen molar-refractivity contribution in [2.45, 2.75) is 20.4 Å². The van der Waals surface area contributed by atoms with Crippen LogP contribution in [0.1, 0.15) is 16.0 Å². The van der Waals surface area contributed by atoms with Crippen molar-refractivity contribution in [2.75, 3.05) is 0 Å². The Labute approximate surface area is 153 Å². The van der Waals surface area contributed by atoms with Crippen LogP contribution in [0.2, 0.25) is 0 Å². The van der Waals surface area contributed by atoms with E-state index in [9.17, 15) is 4.79 Å². The van der Waals surface area contributed by atoms with E-state index < -0.39 is 0 Å². The molecule has 4 rings (SSSR count). The van der Waals surface area contributed by atoms with Crippen molar-refractivity contribution in [2.24, 2.45) is 0 Å². The van der Waals surface area contributed by atoms with Gasteiger partial charge in [-0.15, -0.1) is 11.3 Å². The van der Waals surface area contributed by atoms with Gasteiger partial charge in [0.25, 0.3) is 5.56 Å². The molecule has 0 saturated carbocycles. The molecule has 1 aromatic carbocycles. The van der Waals surface area contributed by atoms with Gasteiger partial charge in [0.15, 0.2) is 10.6 Å². The summed E-state index contributed by atoms with van der Waals surface area (Å²) in [5.74, 6) is 0.532. The van der Waals surface area contributed by atoms with Gasteiger partial charge in [-0.25, -0.2) is 4.57 Å². The van der Waals surface area contributed by atoms with Crippen LogP contribution < -0.4 is 5.56 Å². The van der Waals surface area contributed by atoms with E-state index in [1.807, 2.05) is 29.9 Å². The summed E-state index contributed by atoms with van der Waals surface area (Å²) in [7, 11) is 0. The Morgan fingerprint density at radius 3 is 2.72 bits per heavy atom. The Kier molecular flexibility index (Phi) is 3.89. The van der Waals surface area contributed by atoms with Crippen LogP contribution in [0.3, 0.4) is 0 Å². The van der Waals surface area contributed by atoms with Gasteiger partial charge in [0.2, 0.25) is 0 Å². The third kappa shape index (κ3) is 2.96. The summed E-state index contributed by atoms with van der Waals surface area (Å²) in [4.78, 5) is 17.8. The minimum absolute atomic E-state index is 0.135. The lowest BCUT2D eigenvalue weighted by Gasteiger charge is -2.04. The number of fused-ring (bicyclic) bond motifs is 1. The zero-order valence-corrected chi connectivity index (χ0v) is 15.4. The molecule has 7 heteroatoms. The Morgan fingerprint density at radius 1 is 1.20 bits per heavy atom. The average molecular weight is 368 g/mol. The number of benzene rings is 1. The summed E-state index contributed by atoms with van der Waals surface area (Å²) >= 11 is 6.91. The average Bonchev–Trinajstić information content (AvgIpc) is 3.16. The van der Waals surface area contributed by atoms with E-state index in [-0.39, 0.29) is 5.56 Å². The van der Waals surface area contributed by atoms with E-state index in [1.165, 1.54) is 21.5 Å². The molecule has 0 aliphatic heterocycles. The van der Waals surface area contributed by atoms with Crippen molar-refractivity contribution in [3.8, 4) is 5.82 Å². The quantitative estimate of drug-likeness (QED) is 0.557. The number of hydrogen-bond donors (Lipinski definition) is 1. The summed E-state index contributed by atoms with van der Waals surface area (Å²) in [6.45, 7) is 4.68. The number of H-pyrrole nitrogens is 1. The smallest absolute Gasteiger partial charge is 0.268 e. The van der Waals surface area contributed by atoms with Gasteiger partial charge >= 0.3 is 0 Å². The summed E-state index contributed by atoms with van der Waals surface area (Å²) in [6, 6.07) is 12.0. The second-order valence-electron chi connectivity index (χ2n) is 6.03. The van der Waals surface area contributed by atoms with Crippen molar-refractivity contribution in [1.29, 1.82) is 0 Å². The maximum absolute atomic E-state index is 12.8. The van der Waals surface area contributed by atoms with Crippen molar-refractivity contribution in [3.63, 3.8) is 0 Å². The molecular formula is C18H16N4OS2. The van der Waals surface area contributed by atoms with Crippen molar-refractivity contribution in [1.82, 2.24) is 19.3 Å². The topological polar surface area (TPSA) is 55.6 Å². The number of hydrogen-bond acceptors (Lipinski definition) is 4. The summed E-state index contributed by atoms with van der Waals surface area (Å²) in [5, 5.41) is 5.17. The number of nitrogens with zero attached hydrogens (tertiary/aromatic N) is 3. The second-order valence-corrected chi connectivity index (χ2v) is 7.67. The Morgan fingerprint density at radius 2 is 1.96 bits per heavy atom. The molecule has 0 unspecified atom stereocenters. The monoisotopic (exact) mass is 368 g/mol. The molecule has 4 aromatic rings. The SMILES string of the molecule is Cc1ccc(Cn2ccc(-n3c(=S)[nH]c4sc(C)cc4c3=O)n2)cc1. The molecule has 0 radical (unpaired) electrons. The third-order valence-electron chi connectivity index (χ3n) is 4.03. The normalized spacial score (nSPS) is 11.3. The van der Waals surface area contributed by atoms with E-state index in [0.717, 1.165) is 15.3 Å². The highest BCUT2D eigenvalue weighted by Gasteiger charge is 2.12. The van der Waals surface area contributed by atoms with Crippen LogP contribution in [0.5, 0.6) is 0 Å². The number of aromatic nitrogens is 4. The van der Waals surface area contributed by atoms with Crippen LogP contribution in [0.25, 0.3) is 16.0 Å². The first kappa shape index (κ1) is 16.0. The van der Waals surface area contributed by atoms with Gasteiger partial charge in [-0.3, -0.25) is 9.48 Å². The molecule has 0 atom stereocenters. The lowest BCUT2D eigenvalue weighted by molar-refractivity contribution is 0.674. The highest BCUT2D eigenvalue weighted by Crippen LogP contribution is 2.20. The molecular weight excluding hydrogens is 352 g/mol. The molecule has 0 saturated heterocycles. The van der Waals surface area contributed by atoms with Gasteiger partial charge in [0, 0.05) is 17.1 Å². The minimum Gasteiger partial charge on any atom is -0.323 e. The first-order valence-corrected chi connectivity index (χ1v) is 9.08. The fraction of sp³-hybridized carbons (Fsp3) is 0.167. The van der Waals surface area contributed by atoms with E-state index in [2.05, 4.69) is 41.3 Å². The molecule has 5 nitrogen and oxygen atoms in total. The molecule has 0 spiro atoms. The van der Waals surface area contributed by atoms with Crippen LogP contribution in [0, 0.1) is 18.6 Å². The Hall–Kier alpha value is -2.51. The standard InChI is InChI=1S/C18H16N4OS2/c1-11-3-5-13(6-4-11)10-21-8-7-15(20-21)22-17(23)14-9-12(2)25-16(14)19-18(22)24/h3-9H,10H2,1-2H3,(H,19,24). The molecule has 1 N–H and O–H groups in total.